The lowest BCUT2D eigenvalue weighted by atomic mass is 9.99. The van der Waals surface area contributed by atoms with Crippen molar-refractivity contribution in [3.63, 3.8) is 0 Å². The lowest BCUT2D eigenvalue weighted by Crippen LogP contribution is -2.09. The Morgan fingerprint density at radius 2 is 0.900 bits per heavy atom. The standard InChI is InChI=1S/C46H28N2O2/c1-3-11-29(12-4-1)47(31-20-24-40-38(27-31)33-15-7-9-17-39(33)48(40)30-13-5-2-6-14-30)32-19-21-37-44(28-32)50-43-26-23-34-35(46(37)43)22-25-42-45(34)36-16-8-10-18-41(36)49-42/h1-28H. The molecule has 11 aromatic rings. The molecule has 0 N–H and O–H groups in total. The van der Waals surface area contributed by atoms with E-state index in [0.29, 0.717) is 0 Å². The summed E-state index contributed by atoms with van der Waals surface area (Å²) >= 11 is 0. The van der Waals surface area contributed by atoms with Crippen molar-refractivity contribution >= 4 is 93.5 Å². The van der Waals surface area contributed by atoms with E-state index in [1.807, 2.05) is 12.1 Å². The number of hydrogen-bond donors (Lipinski definition) is 0. The molecule has 0 spiro atoms. The van der Waals surface area contributed by atoms with Gasteiger partial charge in [-0.1, -0.05) is 72.8 Å². The minimum absolute atomic E-state index is 0.852. The number of nitrogens with zero attached hydrogens (tertiary/aromatic N) is 2. The monoisotopic (exact) mass is 640 g/mol. The quantitative estimate of drug-likeness (QED) is 0.192. The number of furan rings is 2. The van der Waals surface area contributed by atoms with Gasteiger partial charge in [0.05, 0.1) is 11.0 Å². The summed E-state index contributed by atoms with van der Waals surface area (Å²) in [6, 6.07) is 60.0. The van der Waals surface area contributed by atoms with Crippen LogP contribution in [0.4, 0.5) is 17.1 Å². The molecule has 0 saturated carbocycles. The van der Waals surface area contributed by atoms with E-state index in [0.717, 1.165) is 72.0 Å². The molecule has 3 aromatic heterocycles. The Morgan fingerprint density at radius 3 is 1.68 bits per heavy atom. The number of rotatable bonds is 4. The normalized spacial score (nSPS) is 12.0. The number of anilines is 3. The average molecular weight is 641 g/mol. The van der Waals surface area contributed by atoms with Gasteiger partial charge in [-0.05, 0) is 102 Å². The van der Waals surface area contributed by atoms with Crippen molar-refractivity contribution in [3.05, 3.63) is 170 Å². The Morgan fingerprint density at radius 1 is 0.340 bits per heavy atom. The molecule has 0 unspecified atom stereocenters. The summed E-state index contributed by atoms with van der Waals surface area (Å²) in [5.74, 6) is 0. The van der Waals surface area contributed by atoms with E-state index in [1.54, 1.807) is 0 Å². The van der Waals surface area contributed by atoms with Crippen LogP contribution in [-0.2, 0) is 0 Å². The van der Waals surface area contributed by atoms with Crippen molar-refractivity contribution in [1.82, 2.24) is 4.57 Å². The van der Waals surface area contributed by atoms with E-state index >= 15 is 0 Å². The van der Waals surface area contributed by atoms with Gasteiger partial charge in [-0.3, -0.25) is 0 Å². The van der Waals surface area contributed by atoms with Gasteiger partial charge in [0, 0.05) is 61.1 Å². The number of fused-ring (bicyclic) bond motifs is 12. The summed E-state index contributed by atoms with van der Waals surface area (Å²) in [6.07, 6.45) is 0. The first-order valence-electron chi connectivity index (χ1n) is 16.9. The zero-order valence-corrected chi connectivity index (χ0v) is 26.9. The van der Waals surface area contributed by atoms with Crippen LogP contribution < -0.4 is 4.90 Å². The zero-order valence-electron chi connectivity index (χ0n) is 26.9. The predicted octanol–water partition coefficient (Wildman–Crippen LogP) is 13.2. The zero-order chi connectivity index (χ0) is 32.8. The van der Waals surface area contributed by atoms with Gasteiger partial charge < -0.3 is 18.3 Å². The predicted molar refractivity (Wildman–Crippen MR) is 208 cm³/mol. The summed E-state index contributed by atoms with van der Waals surface area (Å²) < 4.78 is 15.2. The summed E-state index contributed by atoms with van der Waals surface area (Å²) in [6.45, 7) is 0. The number of para-hydroxylation sites is 4. The first-order valence-corrected chi connectivity index (χ1v) is 16.9. The molecular weight excluding hydrogens is 613 g/mol. The van der Waals surface area contributed by atoms with Gasteiger partial charge >= 0.3 is 0 Å². The molecule has 0 aliphatic heterocycles. The highest BCUT2D eigenvalue weighted by Gasteiger charge is 2.20. The van der Waals surface area contributed by atoms with E-state index < -0.39 is 0 Å². The summed E-state index contributed by atoms with van der Waals surface area (Å²) in [4.78, 5) is 2.32. The molecule has 234 valence electrons. The third kappa shape index (κ3) is 3.87. The molecule has 4 nitrogen and oxygen atoms in total. The first-order chi connectivity index (χ1) is 24.8. The van der Waals surface area contributed by atoms with Gasteiger partial charge in [-0.15, -0.1) is 0 Å². The molecule has 8 aromatic carbocycles. The smallest absolute Gasteiger partial charge is 0.137 e. The van der Waals surface area contributed by atoms with Crippen LogP contribution in [0.5, 0.6) is 0 Å². The second kappa shape index (κ2) is 10.4. The van der Waals surface area contributed by atoms with Crippen molar-refractivity contribution in [2.75, 3.05) is 4.90 Å². The van der Waals surface area contributed by atoms with Crippen LogP contribution in [0.2, 0.25) is 0 Å². The Labute approximate surface area is 286 Å². The third-order valence-corrected chi connectivity index (χ3v) is 10.2. The van der Waals surface area contributed by atoms with Crippen LogP contribution in [0.25, 0.3) is 82.1 Å². The molecule has 0 bridgehead atoms. The van der Waals surface area contributed by atoms with Crippen LogP contribution in [0.15, 0.2) is 179 Å². The van der Waals surface area contributed by atoms with Crippen molar-refractivity contribution in [2.45, 2.75) is 0 Å². The second-order valence-corrected chi connectivity index (χ2v) is 12.9. The first kappa shape index (κ1) is 27.2. The molecule has 0 aliphatic rings. The third-order valence-electron chi connectivity index (χ3n) is 10.2. The molecule has 0 saturated heterocycles. The number of aromatic nitrogens is 1. The van der Waals surface area contributed by atoms with E-state index in [-0.39, 0.29) is 0 Å². The molecule has 3 heterocycles. The molecule has 4 heteroatoms. The van der Waals surface area contributed by atoms with Gasteiger partial charge in [0.15, 0.2) is 0 Å². The maximum Gasteiger partial charge on any atom is 0.137 e. The van der Waals surface area contributed by atoms with Crippen molar-refractivity contribution in [1.29, 1.82) is 0 Å². The highest BCUT2D eigenvalue weighted by Crippen LogP contribution is 2.44. The Bertz CT molecular complexity index is 3100. The van der Waals surface area contributed by atoms with Crippen molar-refractivity contribution in [2.24, 2.45) is 0 Å². The molecule has 0 atom stereocenters. The van der Waals surface area contributed by atoms with Crippen LogP contribution in [0.1, 0.15) is 0 Å². The highest BCUT2D eigenvalue weighted by atomic mass is 16.3. The molecular formula is C46H28N2O2. The molecule has 50 heavy (non-hydrogen) atoms. The van der Waals surface area contributed by atoms with E-state index in [4.69, 9.17) is 8.83 Å². The maximum atomic E-state index is 6.63. The topological polar surface area (TPSA) is 34.5 Å². The fourth-order valence-corrected chi connectivity index (χ4v) is 8.01. The summed E-state index contributed by atoms with van der Waals surface area (Å²) in [5, 5.41) is 9.25. The molecule has 0 amide bonds. The summed E-state index contributed by atoms with van der Waals surface area (Å²) in [7, 11) is 0. The van der Waals surface area contributed by atoms with Crippen LogP contribution in [-0.4, -0.2) is 4.57 Å². The Hall–Kier alpha value is -6.78. The number of benzene rings is 8. The Kier molecular flexibility index (Phi) is 5.63. The average Bonchev–Trinajstić information content (AvgIpc) is 3.85. The van der Waals surface area contributed by atoms with Gasteiger partial charge in [0.25, 0.3) is 0 Å². The lowest BCUT2D eigenvalue weighted by molar-refractivity contribution is 0.668. The Balaban J connectivity index is 1.12. The van der Waals surface area contributed by atoms with E-state index in [1.165, 1.54) is 27.2 Å². The number of hydrogen-bond acceptors (Lipinski definition) is 3. The fourth-order valence-electron chi connectivity index (χ4n) is 8.01. The minimum Gasteiger partial charge on any atom is -0.456 e. The van der Waals surface area contributed by atoms with E-state index in [2.05, 4.69) is 167 Å². The van der Waals surface area contributed by atoms with Gasteiger partial charge in [-0.25, -0.2) is 0 Å². The van der Waals surface area contributed by atoms with Gasteiger partial charge in [-0.2, -0.15) is 0 Å². The van der Waals surface area contributed by atoms with Crippen LogP contribution in [0, 0.1) is 0 Å². The van der Waals surface area contributed by atoms with Crippen molar-refractivity contribution in [3.8, 4) is 5.69 Å². The highest BCUT2D eigenvalue weighted by molar-refractivity contribution is 6.27. The van der Waals surface area contributed by atoms with Crippen LogP contribution >= 0.6 is 0 Å². The molecule has 0 aliphatic carbocycles. The van der Waals surface area contributed by atoms with E-state index in [9.17, 15) is 0 Å². The fraction of sp³-hybridized carbons (Fsp3) is 0. The molecule has 0 radical (unpaired) electrons. The maximum absolute atomic E-state index is 6.63. The summed E-state index contributed by atoms with van der Waals surface area (Å²) in [5.41, 5.74) is 10.2. The second-order valence-electron chi connectivity index (χ2n) is 12.9. The van der Waals surface area contributed by atoms with Crippen molar-refractivity contribution < 1.29 is 8.83 Å². The largest absolute Gasteiger partial charge is 0.456 e. The lowest BCUT2D eigenvalue weighted by Gasteiger charge is -2.25. The molecule has 0 fully saturated rings. The van der Waals surface area contributed by atoms with Gasteiger partial charge in [0.1, 0.15) is 22.3 Å². The molecule has 11 rings (SSSR count). The van der Waals surface area contributed by atoms with Gasteiger partial charge in [0.2, 0.25) is 0 Å². The minimum atomic E-state index is 0.852. The van der Waals surface area contributed by atoms with Crippen LogP contribution in [0.3, 0.4) is 0 Å². The SMILES string of the molecule is c1ccc(N(c2ccc3c(c2)oc2ccc4c(ccc5oc6ccccc6c54)c23)c2ccc3c(c2)c2ccccc2n3-c2ccccc2)cc1.